The van der Waals surface area contributed by atoms with E-state index >= 15 is 0 Å². The summed E-state index contributed by atoms with van der Waals surface area (Å²) in [5, 5.41) is 3.35. The second-order valence-electron chi connectivity index (χ2n) is 4.36. The summed E-state index contributed by atoms with van der Waals surface area (Å²) in [6, 6.07) is 4.00. The Morgan fingerprint density at radius 1 is 1.50 bits per heavy atom. The lowest BCUT2D eigenvalue weighted by atomic mass is 9.80. The van der Waals surface area contributed by atoms with Gasteiger partial charge in [0.25, 0.3) is 0 Å². The predicted octanol–water partition coefficient (Wildman–Crippen LogP) is 3.13. The standard InChI is InChI=1S/C12H17BrN2O/c1-9-10(13)4-5-11(15-9)14-8-12(16-2)6-3-7-12/h4-5H,3,6-8H2,1-2H3,(H,14,15). The molecule has 88 valence electrons. The Morgan fingerprint density at radius 3 is 2.75 bits per heavy atom. The zero-order valence-electron chi connectivity index (χ0n) is 9.72. The Labute approximate surface area is 105 Å². The lowest BCUT2D eigenvalue weighted by Crippen LogP contribution is -2.45. The minimum atomic E-state index is 0.0443. The van der Waals surface area contributed by atoms with E-state index in [-0.39, 0.29) is 5.60 Å². The van der Waals surface area contributed by atoms with Crippen molar-refractivity contribution < 1.29 is 4.74 Å². The zero-order valence-corrected chi connectivity index (χ0v) is 11.3. The number of halogens is 1. The molecule has 0 unspecified atom stereocenters. The van der Waals surface area contributed by atoms with Gasteiger partial charge < -0.3 is 10.1 Å². The van der Waals surface area contributed by atoms with E-state index in [4.69, 9.17) is 4.74 Å². The molecule has 1 aliphatic carbocycles. The highest BCUT2D eigenvalue weighted by atomic mass is 79.9. The number of methoxy groups -OCH3 is 1. The zero-order chi connectivity index (χ0) is 11.6. The Bertz CT molecular complexity index is 372. The molecular weight excluding hydrogens is 268 g/mol. The molecule has 1 aromatic rings. The first-order valence-electron chi connectivity index (χ1n) is 5.57. The van der Waals surface area contributed by atoms with Crippen molar-refractivity contribution in [3.05, 3.63) is 22.3 Å². The molecule has 0 atom stereocenters. The van der Waals surface area contributed by atoms with E-state index < -0.39 is 0 Å². The van der Waals surface area contributed by atoms with Crippen LogP contribution in [0.1, 0.15) is 25.0 Å². The summed E-state index contributed by atoms with van der Waals surface area (Å²) in [5.41, 5.74) is 1.05. The molecule has 4 heteroatoms. The minimum absolute atomic E-state index is 0.0443. The molecule has 1 aromatic heterocycles. The third-order valence-electron chi connectivity index (χ3n) is 3.31. The Morgan fingerprint density at radius 2 is 2.25 bits per heavy atom. The highest BCUT2D eigenvalue weighted by molar-refractivity contribution is 9.10. The summed E-state index contributed by atoms with van der Waals surface area (Å²) in [5.74, 6) is 0.920. The number of hydrogen-bond acceptors (Lipinski definition) is 3. The van der Waals surface area contributed by atoms with Crippen LogP contribution >= 0.6 is 15.9 Å². The van der Waals surface area contributed by atoms with Crippen LogP contribution in [0.4, 0.5) is 5.82 Å². The van der Waals surface area contributed by atoms with Gasteiger partial charge in [-0.25, -0.2) is 4.98 Å². The fourth-order valence-electron chi connectivity index (χ4n) is 1.92. The number of hydrogen-bond donors (Lipinski definition) is 1. The number of aromatic nitrogens is 1. The first-order valence-corrected chi connectivity index (χ1v) is 6.37. The number of aryl methyl sites for hydroxylation is 1. The van der Waals surface area contributed by atoms with E-state index in [2.05, 4.69) is 26.2 Å². The van der Waals surface area contributed by atoms with Gasteiger partial charge in [-0.05, 0) is 54.2 Å². The molecule has 2 rings (SSSR count). The van der Waals surface area contributed by atoms with Crippen LogP contribution in [0, 0.1) is 6.92 Å². The summed E-state index contributed by atoms with van der Waals surface area (Å²) in [6.07, 6.45) is 3.56. The Kier molecular flexibility index (Phi) is 3.50. The van der Waals surface area contributed by atoms with Gasteiger partial charge in [-0.1, -0.05) is 0 Å². The number of rotatable bonds is 4. The molecular formula is C12H17BrN2O. The van der Waals surface area contributed by atoms with Crippen molar-refractivity contribution in [2.45, 2.75) is 31.8 Å². The van der Waals surface area contributed by atoms with Crippen LogP contribution in [0.2, 0.25) is 0 Å². The summed E-state index contributed by atoms with van der Waals surface area (Å²) in [7, 11) is 1.79. The summed E-state index contributed by atoms with van der Waals surface area (Å²) in [6.45, 7) is 2.84. The van der Waals surface area contributed by atoms with Crippen LogP contribution < -0.4 is 5.32 Å². The van der Waals surface area contributed by atoms with Gasteiger partial charge in [0, 0.05) is 18.1 Å². The van der Waals surface area contributed by atoms with Gasteiger partial charge in [-0.2, -0.15) is 0 Å². The molecule has 3 nitrogen and oxygen atoms in total. The van der Waals surface area contributed by atoms with E-state index in [1.54, 1.807) is 7.11 Å². The maximum absolute atomic E-state index is 5.55. The van der Waals surface area contributed by atoms with Crippen molar-refractivity contribution in [1.82, 2.24) is 4.98 Å². The number of nitrogens with one attached hydrogen (secondary N) is 1. The molecule has 1 N–H and O–H groups in total. The van der Waals surface area contributed by atoms with E-state index in [9.17, 15) is 0 Å². The minimum Gasteiger partial charge on any atom is -0.376 e. The molecule has 0 aromatic carbocycles. The number of pyridine rings is 1. The Balaban J connectivity index is 1.96. The van der Waals surface area contributed by atoms with E-state index in [0.717, 1.165) is 35.4 Å². The summed E-state index contributed by atoms with van der Waals surface area (Å²) >= 11 is 3.44. The molecule has 1 heterocycles. The quantitative estimate of drug-likeness (QED) is 0.922. The lowest BCUT2D eigenvalue weighted by Gasteiger charge is -2.40. The first kappa shape index (κ1) is 11.9. The summed E-state index contributed by atoms with van der Waals surface area (Å²) in [4.78, 5) is 4.45. The topological polar surface area (TPSA) is 34.1 Å². The third kappa shape index (κ3) is 2.38. The number of nitrogens with zero attached hydrogens (tertiary/aromatic N) is 1. The molecule has 0 bridgehead atoms. The van der Waals surface area contributed by atoms with Crippen LogP contribution in [0.15, 0.2) is 16.6 Å². The van der Waals surface area contributed by atoms with Gasteiger partial charge in [0.2, 0.25) is 0 Å². The molecule has 1 aliphatic rings. The maximum atomic E-state index is 5.55. The SMILES string of the molecule is COC1(CNc2ccc(Br)c(C)n2)CCC1. The van der Waals surface area contributed by atoms with Crippen LogP contribution in [0.3, 0.4) is 0 Å². The van der Waals surface area contributed by atoms with Crippen LogP contribution in [-0.4, -0.2) is 24.2 Å². The molecule has 0 spiro atoms. The van der Waals surface area contributed by atoms with Crippen LogP contribution in [0.5, 0.6) is 0 Å². The average Bonchev–Trinajstić information content (AvgIpc) is 2.22. The largest absolute Gasteiger partial charge is 0.376 e. The third-order valence-corrected chi connectivity index (χ3v) is 4.15. The molecule has 1 fully saturated rings. The van der Waals surface area contributed by atoms with Crippen molar-refractivity contribution in [2.24, 2.45) is 0 Å². The first-order chi connectivity index (χ1) is 7.65. The molecule has 0 amide bonds. The van der Waals surface area contributed by atoms with Gasteiger partial charge >= 0.3 is 0 Å². The van der Waals surface area contributed by atoms with Crippen LogP contribution in [-0.2, 0) is 4.74 Å². The fraction of sp³-hybridized carbons (Fsp3) is 0.583. The summed E-state index contributed by atoms with van der Waals surface area (Å²) < 4.78 is 6.59. The van der Waals surface area contributed by atoms with Gasteiger partial charge in [0.05, 0.1) is 11.3 Å². The number of anilines is 1. The molecule has 0 radical (unpaired) electrons. The normalized spacial score (nSPS) is 17.9. The van der Waals surface area contributed by atoms with Gasteiger partial charge in [-0.3, -0.25) is 0 Å². The maximum Gasteiger partial charge on any atom is 0.126 e. The van der Waals surface area contributed by atoms with Crippen molar-refractivity contribution in [1.29, 1.82) is 0 Å². The lowest BCUT2D eigenvalue weighted by molar-refractivity contribution is -0.0601. The van der Waals surface area contributed by atoms with E-state index in [1.165, 1.54) is 6.42 Å². The highest BCUT2D eigenvalue weighted by Crippen LogP contribution is 2.35. The molecule has 1 saturated carbocycles. The van der Waals surface area contributed by atoms with E-state index in [0.29, 0.717) is 0 Å². The average molecular weight is 285 g/mol. The van der Waals surface area contributed by atoms with Crippen molar-refractivity contribution >= 4 is 21.7 Å². The van der Waals surface area contributed by atoms with Crippen molar-refractivity contribution in [2.75, 3.05) is 19.0 Å². The molecule has 16 heavy (non-hydrogen) atoms. The smallest absolute Gasteiger partial charge is 0.126 e. The van der Waals surface area contributed by atoms with Crippen molar-refractivity contribution in [3.8, 4) is 0 Å². The Hall–Kier alpha value is -0.610. The van der Waals surface area contributed by atoms with Gasteiger partial charge in [-0.15, -0.1) is 0 Å². The van der Waals surface area contributed by atoms with Crippen molar-refractivity contribution in [3.63, 3.8) is 0 Å². The van der Waals surface area contributed by atoms with Gasteiger partial charge in [0.1, 0.15) is 5.82 Å². The molecule has 0 saturated heterocycles. The predicted molar refractivity (Wildman–Crippen MR) is 68.8 cm³/mol. The van der Waals surface area contributed by atoms with Gasteiger partial charge in [0.15, 0.2) is 0 Å². The second kappa shape index (κ2) is 4.72. The number of ether oxygens (including phenoxy) is 1. The van der Waals surface area contributed by atoms with E-state index in [1.807, 2.05) is 19.1 Å². The second-order valence-corrected chi connectivity index (χ2v) is 5.21. The monoisotopic (exact) mass is 284 g/mol. The fourth-order valence-corrected chi connectivity index (χ4v) is 2.14. The molecule has 0 aliphatic heterocycles. The van der Waals surface area contributed by atoms with Crippen LogP contribution in [0.25, 0.3) is 0 Å². The highest BCUT2D eigenvalue weighted by Gasteiger charge is 2.36.